The average Bonchev–Trinajstić information content (AvgIpc) is 2.80. The van der Waals surface area contributed by atoms with Crippen molar-refractivity contribution >= 4 is 0 Å². The van der Waals surface area contributed by atoms with Crippen molar-refractivity contribution in [3.8, 4) is 16.9 Å². The molecule has 2 heterocycles. The molecule has 4 aromatic rings. The number of fused-ring (bicyclic) bond motifs is 1. The van der Waals surface area contributed by atoms with Gasteiger partial charge < -0.3 is 4.74 Å². The molecule has 5 rings (SSSR count). The summed E-state index contributed by atoms with van der Waals surface area (Å²) in [5.74, 6) is 0.988. The highest BCUT2D eigenvalue weighted by Crippen LogP contribution is 2.41. The lowest BCUT2D eigenvalue weighted by molar-refractivity contribution is 0.0466. The average molecular weight is 393 g/mol. The summed E-state index contributed by atoms with van der Waals surface area (Å²) in [7, 11) is 0. The van der Waals surface area contributed by atoms with Crippen LogP contribution in [-0.2, 0) is 19.3 Å². The third kappa shape index (κ3) is 3.84. The summed E-state index contributed by atoms with van der Waals surface area (Å²) in [5, 5.41) is 7.98. The summed E-state index contributed by atoms with van der Waals surface area (Å²) >= 11 is 0. The molecule has 0 radical (unpaired) electrons. The smallest absolute Gasteiger partial charge is 0.123 e. The Morgan fingerprint density at radius 3 is 2.07 bits per heavy atom. The van der Waals surface area contributed by atoms with Crippen LogP contribution in [-0.4, -0.2) is 15.8 Å². The van der Waals surface area contributed by atoms with Crippen molar-refractivity contribution in [3.05, 3.63) is 114 Å². The van der Waals surface area contributed by atoms with Gasteiger partial charge in [-0.25, -0.2) is 0 Å². The van der Waals surface area contributed by atoms with Crippen LogP contribution in [0.1, 0.15) is 23.1 Å². The molecule has 0 bridgehead atoms. The molecule has 0 N–H and O–H groups in total. The van der Waals surface area contributed by atoms with E-state index in [1.54, 1.807) is 6.20 Å². The van der Waals surface area contributed by atoms with Gasteiger partial charge in [0.25, 0.3) is 0 Å². The molecule has 3 heteroatoms. The molecule has 3 nitrogen and oxygen atoms in total. The van der Waals surface area contributed by atoms with E-state index in [1.807, 2.05) is 12.3 Å². The van der Waals surface area contributed by atoms with Crippen LogP contribution in [0.5, 0.6) is 5.75 Å². The fourth-order valence-corrected chi connectivity index (χ4v) is 4.52. The fourth-order valence-electron chi connectivity index (χ4n) is 4.52. The number of hydrogen-bond acceptors (Lipinski definition) is 3. The Hall–Kier alpha value is -3.46. The molecule has 0 unspecified atom stereocenters. The maximum absolute atomic E-state index is 6.85. The van der Waals surface area contributed by atoms with Crippen molar-refractivity contribution in [2.45, 2.75) is 31.3 Å². The third-order valence-electron chi connectivity index (χ3n) is 5.92. The molecular formula is C27H24N2O. The van der Waals surface area contributed by atoms with Gasteiger partial charge in [-0.15, -0.1) is 0 Å². The van der Waals surface area contributed by atoms with Crippen molar-refractivity contribution in [3.63, 3.8) is 0 Å². The van der Waals surface area contributed by atoms with E-state index < -0.39 is 0 Å². The fraction of sp³-hybridized carbons (Fsp3) is 0.185. The van der Waals surface area contributed by atoms with Crippen molar-refractivity contribution in [2.24, 2.45) is 0 Å². The molecule has 30 heavy (non-hydrogen) atoms. The molecular weight excluding hydrogens is 368 g/mol. The van der Waals surface area contributed by atoms with E-state index in [1.165, 1.54) is 22.3 Å². The summed E-state index contributed by atoms with van der Waals surface area (Å²) < 4.78 is 6.85. The predicted molar refractivity (Wildman–Crippen MR) is 119 cm³/mol. The minimum Gasteiger partial charge on any atom is -0.486 e. The molecule has 0 spiro atoms. The van der Waals surface area contributed by atoms with Crippen molar-refractivity contribution in [1.82, 2.24) is 10.2 Å². The van der Waals surface area contributed by atoms with Crippen LogP contribution < -0.4 is 4.74 Å². The molecule has 0 saturated heterocycles. The number of benzene rings is 3. The maximum Gasteiger partial charge on any atom is 0.123 e. The van der Waals surface area contributed by atoms with Crippen LogP contribution in [0, 0.1) is 0 Å². The molecule has 0 atom stereocenters. The summed E-state index contributed by atoms with van der Waals surface area (Å²) in [6.07, 6.45) is 7.30. The van der Waals surface area contributed by atoms with Crippen molar-refractivity contribution < 1.29 is 4.74 Å². The summed E-state index contributed by atoms with van der Waals surface area (Å²) in [6.45, 7) is 0. The highest BCUT2D eigenvalue weighted by Gasteiger charge is 2.37. The maximum atomic E-state index is 6.85. The van der Waals surface area contributed by atoms with Crippen molar-refractivity contribution in [1.29, 1.82) is 0 Å². The Morgan fingerprint density at radius 2 is 1.43 bits per heavy atom. The zero-order valence-corrected chi connectivity index (χ0v) is 16.9. The van der Waals surface area contributed by atoms with Gasteiger partial charge in [-0.2, -0.15) is 10.2 Å². The zero-order chi connectivity index (χ0) is 20.2. The Morgan fingerprint density at radius 1 is 0.733 bits per heavy atom. The monoisotopic (exact) mass is 392 g/mol. The van der Waals surface area contributed by atoms with E-state index in [0.29, 0.717) is 0 Å². The standard InChI is InChI=1S/C27H24N2O/c1-3-8-21(9-4-1)18-27(19-22-10-5-2-6-11-22)16-14-25-24(12-7-13-26(25)30-27)23-15-17-28-29-20-23/h1-13,15,17,20H,14,16,18-19H2. The second kappa shape index (κ2) is 8.11. The molecule has 0 fully saturated rings. The molecule has 0 saturated carbocycles. The molecule has 0 amide bonds. The van der Waals surface area contributed by atoms with Gasteiger partial charge in [0, 0.05) is 24.0 Å². The van der Waals surface area contributed by atoms with E-state index in [9.17, 15) is 0 Å². The highest BCUT2D eigenvalue weighted by atomic mass is 16.5. The lowest BCUT2D eigenvalue weighted by Crippen LogP contribution is -2.44. The minimum atomic E-state index is -0.259. The van der Waals surface area contributed by atoms with Gasteiger partial charge in [-0.3, -0.25) is 0 Å². The van der Waals surface area contributed by atoms with Gasteiger partial charge >= 0.3 is 0 Å². The molecule has 1 aliphatic heterocycles. The van der Waals surface area contributed by atoms with Crippen LogP contribution in [0.2, 0.25) is 0 Å². The number of aromatic nitrogens is 2. The van der Waals surface area contributed by atoms with Crippen LogP contribution in [0.4, 0.5) is 0 Å². The van der Waals surface area contributed by atoms with Gasteiger partial charge in [0.1, 0.15) is 11.4 Å². The molecule has 1 aromatic heterocycles. The van der Waals surface area contributed by atoms with Gasteiger partial charge in [-0.1, -0.05) is 72.8 Å². The summed E-state index contributed by atoms with van der Waals surface area (Å²) in [5.41, 5.74) is 5.91. The number of nitrogens with zero attached hydrogens (tertiary/aromatic N) is 2. The normalized spacial score (nSPS) is 14.5. The first-order valence-electron chi connectivity index (χ1n) is 10.5. The molecule has 1 aliphatic rings. The quantitative estimate of drug-likeness (QED) is 0.437. The molecule has 0 aliphatic carbocycles. The van der Waals surface area contributed by atoms with E-state index >= 15 is 0 Å². The number of rotatable bonds is 5. The lowest BCUT2D eigenvalue weighted by Gasteiger charge is -2.40. The Bertz CT molecular complexity index is 1070. The first kappa shape index (κ1) is 18.6. The van der Waals surface area contributed by atoms with E-state index in [2.05, 4.69) is 89.1 Å². The number of hydrogen-bond donors (Lipinski definition) is 0. The van der Waals surface area contributed by atoms with Crippen molar-refractivity contribution in [2.75, 3.05) is 0 Å². The Labute approximate surface area is 177 Å². The Balaban J connectivity index is 1.52. The summed E-state index contributed by atoms with van der Waals surface area (Å²) in [4.78, 5) is 0. The first-order chi connectivity index (χ1) is 14.8. The van der Waals surface area contributed by atoms with Crippen LogP contribution in [0.25, 0.3) is 11.1 Å². The van der Waals surface area contributed by atoms with Gasteiger partial charge in [0.05, 0.1) is 12.4 Å². The third-order valence-corrected chi connectivity index (χ3v) is 5.92. The topological polar surface area (TPSA) is 35.0 Å². The molecule has 148 valence electrons. The van der Waals surface area contributed by atoms with Gasteiger partial charge in [-0.05, 0) is 41.7 Å². The molecule has 3 aromatic carbocycles. The van der Waals surface area contributed by atoms with E-state index in [4.69, 9.17) is 4.74 Å². The van der Waals surface area contributed by atoms with E-state index in [-0.39, 0.29) is 5.60 Å². The zero-order valence-electron chi connectivity index (χ0n) is 16.9. The SMILES string of the molecule is c1ccc(CC2(Cc3ccccc3)CCc3c(cccc3-c3ccnnc3)O2)cc1. The summed E-state index contributed by atoms with van der Waals surface area (Å²) in [6, 6.07) is 29.7. The highest BCUT2D eigenvalue weighted by molar-refractivity contribution is 5.69. The lowest BCUT2D eigenvalue weighted by atomic mass is 9.80. The van der Waals surface area contributed by atoms with Crippen LogP contribution in [0.15, 0.2) is 97.3 Å². The minimum absolute atomic E-state index is 0.259. The second-order valence-electron chi connectivity index (χ2n) is 8.02. The largest absolute Gasteiger partial charge is 0.486 e. The van der Waals surface area contributed by atoms with E-state index in [0.717, 1.165) is 37.0 Å². The second-order valence-corrected chi connectivity index (χ2v) is 8.02. The number of ether oxygens (including phenoxy) is 1. The Kier molecular flexibility index (Phi) is 5.02. The predicted octanol–water partition coefficient (Wildman–Crippen LogP) is 5.69. The van der Waals surface area contributed by atoms with Gasteiger partial charge in [0.2, 0.25) is 0 Å². The first-order valence-corrected chi connectivity index (χ1v) is 10.5. The van der Waals surface area contributed by atoms with Gasteiger partial charge in [0.15, 0.2) is 0 Å². The van der Waals surface area contributed by atoms with Crippen LogP contribution >= 0.6 is 0 Å². The van der Waals surface area contributed by atoms with Crippen LogP contribution in [0.3, 0.4) is 0 Å².